The van der Waals surface area contributed by atoms with Crippen molar-refractivity contribution in [3.63, 3.8) is 0 Å². The lowest BCUT2D eigenvalue weighted by atomic mass is 10.0. The summed E-state index contributed by atoms with van der Waals surface area (Å²) in [5.74, 6) is 0.273. The number of benzene rings is 1. The van der Waals surface area contributed by atoms with Gasteiger partial charge in [0.1, 0.15) is 18.8 Å². The van der Waals surface area contributed by atoms with Crippen molar-refractivity contribution in [3.05, 3.63) is 41.0 Å². The van der Waals surface area contributed by atoms with E-state index in [0.29, 0.717) is 35.8 Å². The second-order valence-electron chi connectivity index (χ2n) is 7.98. The standard InChI is InChI=1S/C22H27N3O6/c1-13-14(7-9-16-18(13)31-12-11-30-16)20(26)25(24-22(2,3)4)21(27)15-8-10-17(28-5)23-19(15)29-6/h7-10,24H,11-12H2,1-6H3. The minimum Gasteiger partial charge on any atom is -0.486 e. The third-order valence-corrected chi connectivity index (χ3v) is 4.51. The van der Waals surface area contributed by atoms with Gasteiger partial charge >= 0.3 is 0 Å². The Balaban J connectivity index is 2.04. The van der Waals surface area contributed by atoms with E-state index in [1.165, 1.54) is 26.4 Å². The summed E-state index contributed by atoms with van der Waals surface area (Å²) in [7, 11) is 2.86. The molecule has 0 radical (unpaired) electrons. The second-order valence-corrected chi connectivity index (χ2v) is 7.98. The Morgan fingerprint density at radius 3 is 2.29 bits per heavy atom. The number of carbonyl (C=O) groups is 2. The van der Waals surface area contributed by atoms with E-state index in [0.717, 1.165) is 5.01 Å². The van der Waals surface area contributed by atoms with Crippen molar-refractivity contribution in [3.8, 4) is 23.3 Å². The molecule has 9 heteroatoms. The Labute approximate surface area is 181 Å². The maximum atomic E-state index is 13.5. The summed E-state index contributed by atoms with van der Waals surface area (Å²) < 4.78 is 21.6. The van der Waals surface area contributed by atoms with Gasteiger partial charge in [-0.2, -0.15) is 4.98 Å². The summed E-state index contributed by atoms with van der Waals surface area (Å²) in [5, 5.41) is 0.977. The first-order chi connectivity index (χ1) is 14.7. The van der Waals surface area contributed by atoms with Gasteiger partial charge in [0.2, 0.25) is 11.8 Å². The second kappa shape index (κ2) is 8.81. The van der Waals surface area contributed by atoms with E-state index in [-0.39, 0.29) is 17.3 Å². The molecule has 0 saturated carbocycles. The number of hydrazine groups is 1. The number of imide groups is 1. The molecule has 0 saturated heterocycles. The molecule has 1 aliphatic rings. The molecule has 0 atom stereocenters. The van der Waals surface area contributed by atoms with Gasteiger partial charge in [-0.05, 0) is 45.9 Å². The number of nitrogens with one attached hydrogen (secondary N) is 1. The molecule has 166 valence electrons. The third-order valence-electron chi connectivity index (χ3n) is 4.51. The van der Waals surface area contributed by atoms with Crippen molar-refractivity contribution in [2.75, 3.05) is 27.4 Å². The molecule has 2 aromatic rings. The van der Waals surface area contributed by atoms with Crippen LogP contribution in [0.4, 0.5) is 0 Å². The van der Waals surface area contributed by atoms with E-state index in [2.05, 4.69) is 10.4 Å². The molecule has 0 spiro atoms. The Morgan fingerprint density at radius 1 is 1.00 bits per heavy atom. The fourth-order valence-corrected chi connectivity index (χ4v) is 3.11. The Morgan fingerprint density at radius 2 is 1.65 bits per heavy atom. The molecule has 9 nitrogen and oxygen atoms in total. The third kappa shape index (κ3) is 4.72. The molecule has 0 bridgehead atoms. The molecule has 1 aromatic heterocycles. The van der Waals surface area contributed by atoms with Crippen molar-refractivity contribution in [2.24, 2.45) is 0 Å². The van der Waals surface area contributed by atoms with E-state index in [1.807, 2.05) is 20.8 Å². The van der Waals surface area contributed by atoms with E-state index in [4.69, 9.17) is 18.9 Å². The highest BCUT2D eigenvalue weighted by Crippen LogP contribution is 2.36. The van der Waals surface area contributed by atoms with E-state index < -0.39 is 17.4 Å². The van der Waals surface area contributed by atoms with Gasteiger partial charge in [0, 0.05) is 22.7 Å². The van der Waals surface area contributed by atoms with Crippen LogP contribution in [-0.4, -0.2) is 54.8 Å². The predicted octanol–water partition coefficient (Wildman–Crippen LogP) is 2.76. The van der Waals surface area contributed by atoms with Crippen molar-refractivity contribution in [1.29, 1.82) is 0 Å². The van der Waals surface area contributed by atoms with Crippen LogP contribution >= 0.6 is 0 Å². The van der Waals surface area contributed by atoms with Gasteiger partial charge in [0.15, 0.2) is 11.5 Å². The Bertz CT molecular complexity index is 999. The van der Waals surface area contributed by atoms with E-state index >= 15 is 0 Å². The summed E-state index contributed by atoms with van der Waals surface area (Å²) in [6, 6.07) is 6.34. The van der Waals surface area contributed by atoms with Crippen LogP contribution < -0.4 is 24.4 Å². The number of hydrogen-bond donors (Lipinski definition) is 1. The molecular formula is C22H27N3O6. The van der Waals surface area contributed by atoms with Gasteiger partial charge in [-0.25, -0.2) is 10.4 Å². The lowest BCUT2D eigenvalue weighted by Gasteiger charge is -2.31. The molecule has 31 heavy (non-hydrogen) atoms. The highest BCUT2D eigenvalue weighted by atomic mass is 16.6. The van der Waals surface area contributed by atoms with Gasteiger partial charge in [0.25, 0.3) is 11.8 Å². The number of rotatable bonds is 5. The van der Waals surface area contributed by atoms with Crippen LogP contribution in [0.15, 0.2) is 24.3 Å². The zero-order chi connectivity index (χ0) is 22.8. The number of nitrogens with zero attached hydrogens (tertiary/aromatic N) is 2. The first-order valence-corrected chi connectivity index (χ1v) is 9.81. The first kappa shape index (κ1) is 22.4. The maximum absolute atomic E-state index is 13.5. The topological polar surface area (TPSA) is 99.2 Å². The fourth-order valence-electron chi connectivity index (χ4n) is 3.11. The molecule has 1 aliphatic heterocycles. The molecule has 1 N–H and O–H groups in total. The number of hydrogen-bond acceptors (Lipinski definition) is 8. The van der Waals surface area contributed by atoms with Crippen molar-refractivity contribution in [2.45, 2.75) is 33.2 Å². The molecule has 3 rings (SSSR count). The predicted molar refractivity (Wildman–Crippen MR) is 113 cm³/mol. The maximum Gasteiger partial charge on any atom is 0.280 e. The van der Waals surface area contributed by atoms with Crippen molar-refractivity contribution in [1.82, 2.24) is 15.4 Å². The quantitative estimate of drug-likeness (QED) is 0.572. The van der Waals surface area contributed by atoms with Crippen LogP contribution in [0.25, 0.3) is 0 Å². The monoisotopic (exact) mass is 429 g/mol. The van der Waals surface area contributed by atoms with E-state index in [1.54, 1.807) is 19.1 Å². The lowest BCUT2D eigenvalue weighted by Crippen LogP contribution is -2.55. The molecule has 0 fully saturated rings. The van der Waals surface area contributed by atoms with Crippen molar-refractivity contribution < 1.29 is 28.5 Å². The number of aromatic nitrogens is 1. The van der Waals surface area contributed by atoms with Crippen LogP contribution in [0, 0.1) is 6.92 Å². The first-order valence-electron chi connectivity index (χ1n) is 9.81. The average Bonchev–Trinajstić information content (AvgIpc) is 2.76. The highest BCUT2D eigenvalue weighted by Gasteiger charge is 2.32. The van der Waals surface area contributed by atoms with Crippen LogP contribution in [0.2, 0.25) is 0 Å². The van der Waals surface area contributed by atoms with Crippen molar-refractivity contribution >= 4 is 11.8 Å². The van der Waals surface area contributed by atoms with Crippen LogP contribution in [0.1, 0.15) is 47.1 Å². The average molecular weight is 429 g/mol. The van der Waals surface area contributed by atoms with E-state index in [9.17, 15) is 9.59 Å². The summed E-state index contributed by atoms with van der Waals surface area (Å²) in [6.45, 7) is 8.14. The smallest absolute Gasteiger partial charge is 0.280 e. The van der Waals surface area contributed by atoms with Gasteiger partial charge in [-0.15, -0.1) is 0 Å². The van der Waals surface area contributed by atoms with Crippen LogP contribution in [0.3, 0.4) is 0 Å². The molecular weight excluding hydrogens is 402 g/mol. The molecule has 2 heterocycles. The van der Waals surface area contributed by atoms with Crippen LogP contribution in [0.5, 0.6) is 23.3 Å². The fraction of sp³-hybridized carbons (Fsp3) is 0.409. The zero-order valence-electron chi connectivity index (χ0n) is 18.6. The van der Waals surface area contributed by atoms with Crippen LogP contribution in [-0.2, 0) is 0 Å². The number of fused-ring (bicyclic) bond motifs is 1. The molecule has 1 aromatic carbocycles. The molecule has 0 unspecified atom stereocenters. The zero-order valence-corrected chi connectivity index (χ0v) is 18.6. The SMILES string of the molecule is COc1ccc(C(=O)N(NC(C)(C)C)C(=O)c2ccc3c(c2C)OCCO3)c(OC)n1. The number of carbonyl (C=O) groups excluding carboxylic acids is 2. The minimum atomic E-state index is -0.610. The van der Waals surface area contributed by atoms with Gasteiger partial charge < -0.3 is 18.9 Å². The Kier molecular flexibility index (Phi) is 6.35. The minimum absolute atomic E-state index is 0.0526. The van der Waals surface area contributed by atoms with Gasteiger partial charge in [-0.1, -0.05) is 0 Å². The largest absolute Gasteiger partial charge is 0.486 e. The molecule has 0 aliphatic carbocycles. The Hall–Kier alpha value is -3.33. The summed E-state index contributed by atoms with van der Waals surface area (Å²) in [6.07, 6.45) is 0. The summed E-state index contributed by atoms with van der Waals surface area (Å²) in [5.41, 5.74) is 3.43. The highest BCUT2D eigenvalue weighted by molar-refractivity contribution is 6.11. The number of amides is 2. The number of ether oxygens (including phenoxy) is 4. The lowest BCUT2D eigenvalue weighted by molar-refractivity contribution is 0.0448. The summed E-state index contributed by atoms with van der Waals surface area (Å²) >= 11 is 0. The van der Waals surface area contributed by atoms with Gasteiger partial charge in [-0.3, -0.25) is 9.59 Å². The van der Waals surface area contributed by atoms with Gasteiger partial charge in [0.05, 0.1) is 14.2 Å². The molecule has 2 amide bonds. The number of methoxy groups -OCH3 is 2. The normalized spacial score (nSPS) is 12.8. The number of pyridine rings is 1. The summed E-state index contributed by atoms with van der Waals surface area (Å²) in [4.78, 5) is 31.1.